The Balaban J connectivity index is 1.79. The van der Waals surface area contributed by atoms with E-state index < -0.39 is 0 Å². The second-order valence-corrected chi connectivity index (χ2v) is 5.90. The predicted molar refractivity (Wildman–Crippen MR) is 80.3 cm³/mol. The van der Waals surface area contributed by atoms with E-state index >= 15 is 0 Å². The van der Waals surface area contributed by atoms with E-state index in [1.165, 1.54) is 0 Å². The second-order valence-electron chi connectivity index (χ2n) is 5.90. The molecule has 0 saturated carbocycles. The largest absolute Gasteiger partial charge is 0.317 e. The van der Waals surface area contributed by atoms with Gasteiger partial charge in [-0.3, -0.25) is 14.7 Å². The number of piperidine rings is 1. The third kappa shape index (κ3) is 2.09. The van der Waals surface area contributed by atoms with Crippen molar-refractivity contribution in [2.45, 2.75) is 31.6 Å². The summed E-state index contributed by atoms with van der Waals surface area (Å²) in [6.07, 6.45) is 3.68. The molecule has 0 spiro atoms. The molecule has 2 aliphatic heterocycles. The first-order valence-corrected chi connectivity index (χ1v) is 7.66. The smallest absolute Gasteiger partial charge is 0.269 e. The number of nitro benzene ring substituents is 1. The van der Waals surface area contributed by atoms with Crippen LogP contribution in [-0.2, 0) is 12.8 Å². The van der Waals surface area contributed by atoms with Crippen molar-refractivity contribution in [1.82, 2.24) is 20.1 Å². The first kappa shape index (κ1) is 13.4. The minimum atomic E-state index is -0.338. The zero-order chi connectivity index (χ0) is 15.1. The molecular weight excluding hydrogens is 282 g/mol. The molecule has 1 aromatic heterocycles. The molecule has 114 valence electrons. The van der Waals surface area contributed by atoms with E-state index in [1.54, 1.807) is 12.1 Å². The van der Waals surface area contributed by atoms with Gasteiger partial charge in [0.1, 0.15) is 11.6 Å². The van der Waals surface area contributed by atoms with Gasteiger partial charge in [-0.25, -0.2) is 0 Å². The summed E-state index contributed by atoms with van der Waals surface area (Å²) in [5.74, 6) is 2.38. The minimum absolute atomic E-state index is 0.152. The topological polar surface area (TPSA) is 85.9 Å². The van der Waals surface area contributed by atoms with Gasteiger partial charge in [0.15, 0.2) is 0 Å². The summed E-state index contributed by atoms with van der Waals surface area (Å²) < 4.78 is 2.12. The van der Waals surface area contributed by atoms with Crippen LogP contribution in [0.2, 0.25) is 0 Å². The molecule has 1 aromatic carbocycles. The van der Waals surface area contributed by atoms with E-state index in [4.69, 9.17) is 0 Å². The van der Waals surface area contributed by atoms with Crippen LogP contribution in [0.3, 0.4) is 0 Å². The number of nitrogens with zero attached hydrogens (tertiary/aromatic N) is 4. The highest BCUT2D eigenvalue weighted by Crippen LogP contribution is 2.32. The van der Waals surface area contributed by atoms with E-state index in [9.17, 15) is 10.1 Å². The van der Waals surface area contributed by atoms with Gasteiger partial charge < -0.3 is 5.32 Å². The lowest BCUT2D eigenvalue weighted by Crippen LogP contribution is -2.28. The van der Waals surface area contributed by atoms with Crippen molar-refractivity contribution in [1.29, 1.82) is 0 Å². The molecule has 0 bridgehead atoms. The van der Waals surface area contributed by atoms with Crippen LogP contribution in [0.5, 0.6) is 0 Å². The molecule has 0 amide bonds. The van der Waals surface area contributed by atoms with Crippen LogP contribution in [0, 0.1) is 10.1 Å². The van der Waals surface area contributed by atoms with Crippen LogP contribution in [0.4, 0.5) is 5.69 Å². The SMILES string of the molecule is O=[N+]([O-])c1ccc2c(c1)CCc1nnc(C3CCNCC3)n1-2. The number of nitrogens with one attached hydrogen (secondary N) is 1. The van der Waals surface area contributed by atoms with E-state index in [0.717, 1.165) is 61.7 Å². The molecule has 3 heterocycles. The van der Waals surface area contributed by atoms with Crippen molar-refractivity contribution < 1.29 is 4.92 Å². The minimum Gasteiger partial charge on any atom is -0.317 e. The van der Waals surface area contributed by atoms with Crippen molar-refractivity contribution >= 4 is 5.69 Å². The Labute approximate surface area is 127 Å². The second kappa shape index (κ2) is 5.17. The van der Waals surface area contributed by atoms with Gasteiger partial charge in [-0.2, -0.15) is 0 Å². The Kier molecular flexibility index (Phi) is 3.15. The molecule has 1 N–H and O–H groups in total. The fourth-order valence-electron chi connectivity index (χ4n) is 3.45. The number of hydrogen-bond acceptors (Lipinski definition) is 5. The predicted octanol–water partition coefficient (Wildman–Crippen LogP) is 1.74. The Morgan fingerprint density at radius 3 is 2.82 bits per heavy atom. The van der Waals surface area contributed by atoms with Gasteiger partial charge in [0.25, 0.3) is 5.69 Å². The molecule has 0 unspecified atom stereocenters. The van der Waals surface area contributed by atoms with Crippen LogP contribution in [-0.4, -0.2) is 32.8 Å². The van der Waals surface area contributed by atoms with Crippen LogP contribution >= 0.6 is 0 Å². The number of benzene rings is 1. The number of rotatable bonds is 2. The summed E-state index contributed by atoms with van der Waals surface area (Å²) in [5.41, 5.74) is 2.17. The number of fused-ring (bicyclic) bond motifs is 3. The van der Waals surface area contributed by atoms with E-state index in [0.29, 0.717) is 5.92 Å². The first-order chi connectivity index (χ1) is 10.7. The highest BCUT2D eigenvalue weighted by Gasteiger charge is 2.27. The molecule has 1 fully saturated rings. The van der Waals surface area contributed by atoms with E-state index in [2.05, 4.69) is 20.1 Å². The fourth-order valence-corrected chi connectivity index (χ4v) is 3.45. The molecule has 7 heteroatoms. The van der Waals surface area contributed by atoms with Gasteiger partial charge in [0, 0.05) is 24.5 Å². The van der Waals surface area contributed by atoms with Crippen molar-refractivity contribution in [3.05, 3.63) is 45.5 Å². The summed E-state index contributed by atoms with van der Waals surface area (Å²) >= 11 is 0. The first-order valence-electron chi connectivity index (χ1n) is 7.66. The van der Waals surface area contributed by atoms with Crippen LogP contribution in [0.25, 0.3) is 5.69 Å². The zero-order valence-electron chi connectivity index (χ0n) is 12.2. The van der Waals surface area contributed by atoms with Crippen molar-refractivity contribution in [3.63, 3.8) is 0 Å². The molecule has 0 radical (unpaired) electrons. The maximum atomic E-state index is 11.0. The average Bonchev–Trinajstić information content (AvgIpc) is 2.99. The van der Waals surface area contributed by atoms with E-state index in [1.807, 2.05) is 6.07 Å². The summed E-state index contributed by atoms with van der Waals surface area (Å²) in [7, 11) is 0. The quantitative estimate of drug-likeness (QED) is 0.674. The van der Waals surface area contributed by atoms with Crippen LogP contribution in [0.1, 0.15) is 36.0 Å². The third-order valence-electron chi connectivity index (χ3n) is 4.59. The van der Waals surface area contributed by atoms with Gasteiger partial charge >= 0.3 is 0 Å². The van der Waals surface area contributed by atoms with Crippen molar-refractivity contribution in [3.8, 4) is 5.69 Å². The van der Waals surface area contributed by atoms with E-state index in [-0.39, 0.29) is 10.6 Å². The number of hydrogen-bond donors (Lipinski definition) is 1. The highest BCUT2D eigenvalue weighted by molar-refractivity contribution is 5.51. The van der Waals surface area contributed by atoms with Gasteiger partial charge in [0.2, 0.25) is 0 Å². The number of nitro groups is 1. The normalized spacial score (nSPS) is 17.8. The van der Waals surface area contributed by atoms with Gasteiger partial charge in [-0.1, -0.05) is 0 Å². The maximum absolute atomic E-state index is 11.0. The number of non-ortho nitro benzene ring substituents is 1. The Morgan fingerprint density at radius 2 is 2.05 bits per heavy atom. The molecular formula is C15H17N5O2. The summed E-state index contributed by atoms with van der Waals surface area (Å²) in [5, 5.41) is 23.1. The van der Waals surface area contributed by atoms with Crippen LogP contribution in [0.15, 0.2) is 18.2 Å². The molecule has 0 aliphatic carbocycles. The Hall–Kier alpha value is -2.28. The van der Waals surface area contributed by atoms with Gasteiger partial charge in [-0.05, 0) is 44.0 Å². The average molecular weight is 299 g/mol. The molecule has 2 aromatic rings. The summed E-state index contributed by atoms with van der Waals surface area (Å²) in [6.45, 7) is 2.00. The van der Waals surface area contributed by atoms with Gasteiger partial charge in [-0.15, -0.1) is 10.2 Å². The van der Waals surface area contributed by atoms with Gasteiger partial charge in [0.05, 0.1) is 10.6 Å². The molecule has 22 heavy (non-hydrogen) atoms. The molecule has 1 saturated heterocycles. The van der Waals surface area contributed by atoms with Crippen LogP contribution < -0.4 is 5.32 Å². The Morgan fingerprint density at radius 1 is 1.23 bits per heavy atom. The van der Waals surface area contributed by atoms with Crippen molar-refractivity contribution in [2.75, 3.05) is 13.1 Å². The number of aryl methyl sites for hydroxylation is 2. The fraction of sp³-hybridized carbons (Fsp3) is 0.467. The Bertz CT molecular complexity index is 734. The number of aromatic nitrogens is 3. The standard InChI is InChI=1S/C15H17N5O2/c21-20(22)12-2-3-13-11(9-12)1-4-14-17-18-15(19(13)14)10-5-7-16-8-6-10/h2-3,9-10,16H,1,4-8H2. The highest BCUT2D eigenvalue weighted by atomic mass is 16.6. The third-order valence-corrected chi connectivity index (χ3v) is 4.59. The lowest BCUT2D eigenvalue weighted by molar-refractivity contribution is -0.384. The van der Waals surface area contributed by atoms with Crippen molar-refractivity contribution in [2.24, 2.45) is 0 Å². The zero-order valence-corrected chi connectivity index (χ0v) is 12.2. The summed E-state index contributed by atoms with van der Waals surface area (Å²) in [4.78, 5) is 10.6. The maximum Gasteiger partial charge on any atom is 0.269 e. The molecule has 4 rings (SSSR count). The summed E-state index contributed by atoms with van der Waals surface area (Å²) in [6, 6.07) is 5.09. The molecule has 2 aliphatic rings. The monoisotopic (exact) mass is 299 g/mol. The molecule has 0 atom stereocenters. The lowest BCUT2D eigenvalue weighted by Gasteiger charge is -2.25. The molecule has 7 nitrogen and oxygen atoms in total. The lowest BCUT2D eigenvalue weighted by atomic mass is 9.96.